The first-order chi connectivity index (χ1) is 9.13. The van der Waals surface area contributed by atoms with E-state index in [2.05, 4.69) is 4.90 Å². The second-order valence-electron chi connectivity index (χ2n) is 5.24. The smallest absolute Gasteiger partial charge is 0.0762 e. The molecule has 1 aromatic rings. The van der Waals surface area contributed by atoms with Crippen LogP contribution in [0.2, 0.25) is 5.02 Å². The molecule has 2 rings (SSSR count). The van der Waals surface area contributed by atoms with Crippen molar-refractivity contribution in [3.8, 4) is 0 Å². The van der Waals surface area contributed by atoms with Crippen molar-refractivity contribution in [2.75, 3.05) is 18.1 Å². The molecule has 0 bridgehead atoms. The molecule has 0 radical (unpaired) electrons. The van der Waals surface area contributed by atoms with E-state index in [1.54, 1.807) is 6.92 Å². The van der Waals surface area contributed by atoms with Crippen LogP contribution in [0.25, 0.3) is 0 Å². The highest BCUT2D eigenvalue weighted by molar-refractivity contribution is 6.33. The second kappa shape index (κ2) is 6.60. The number of benzene rings is 1. The summed E-state index contributed by atoms with van der Waals surface area (Å²) < 4.78 is 0. The van der Waals surface area contributed by atoms with Gasteiger partial charge in [-0.3, -0.25) is 0 Å². The van der Waals surface area contributed by atoms with E-state index in [0.717, 1.165) is 24.2 Å². The fourth-order valence-corrected chi connectivity index (χ4v) is 2.75. The highest BCUT2D eigenvalue weighted by Gasteiger charge is 2.26. The molecule has 1 aromatic carbocycles. The van der Waals surface area contributed by atoms with Crippen LogP contribution in [0, 0.1) is 0 Å². The van der Waals surface area contributed by atoms with Crippen molar-refractivity contribution in [1.82, 2.24) is 0 Å². The predicted molar refractivity (Wildman–Crippen MR) is 78.8 cm³/mol. The zero-order valence-corrected chi connectivity index (χ0v) is 12.1. The van der Waals surface area contributed by atoms with Crippen molar-refractivity contribution in [3.63, 3.8) is 0 Å². The molecule has 2 N–H and O–H groups in total. The Morgan fingerprint density at radius 1 is 1.42 bits per heavy atom. The third kappa shape index (κ3) is 3.41. The largest absolute Gasteiger partial charge is 0.396 e. The number of rotatable bonds is 6. The average molecular weight is 284 g/mol. The molecular weight excluding hydrogens is 262 g/mol. The zero-order valence-electron chi connectivity index (χ0n) is 11.3. The van der Waals surface area contributed by atoms with Crippen molar-refractivity contribution in [1.29, 1.82) is 0 Å². The van der Waals surface area contributed by atoms with E-state index in [1.165, 1.54) is 19.3 Å². The summed E-state index contributed by atoms with van der Waals surface area (Å²) in [5, 5.41) is 19.3. The van der Waals surface area contributed by atoms with E-state index in [1.807, 2.05) is 18.2 Å². The van der Waals surface area contributed by atoms with Crippen LogP contribution in [0.4, 0.5) is 5.69 Å². The maximum atomic E-state index is 9.58. The minimum atomic E-state index is -0.499. The van der Waals surface area contributed by atoms with Crippen LogP contribution in [0.1, 0.15) is 44.3 Å². The average Bonchev–Trinajstić information content (AvgIpc) is 2.32. The van der Waals surface area contributed by atoms with Crippen molar-refractivity contribution >= 4 is 17.3 Å². The van der Waals surface area contributed by atoms with Crippen molar-refractivity contribution in [3.05, 3.63) is 28.8 Å². The maximum Gasteiger partial charge on any atom is 0.0762 e. The summed E-state index contributed by atoms with van der Waals surface area (Å²) in [6.07, 6.45) is 3.91. The number of hydrogen-bond acceptors (Lipinski definition) is 3. The number of hydrogen-bond donors (Lipinski definition) is 2. The standard InChI is InChI=1S/C15H22ClNO2/c1-11(19)12-6-7-15(14(16)10-12)17(8-3-9-18)13-4-2-5-13/h6-7,10-11,13,18-19H,2-5,8-9H2,1H3/t11-/m1/s1. The molecule has 1 atom stereocenters. The Morgan fingerprint density at radius 3 is 2.63 bits per heavy atom. The first-order valence-electron chi connectivity index (χ1n) is 6.98. The van der Waals surface area contributed by atoms with Gasteiger partial charge >= 0.3 is 0 Å². The van der Waals surface area contributed by atoms with Gasteiger partial charge in [-0.15, -0.1) is 0 Å². The highest BCUT2D eigenvalue weighted by Crippen LogP contribution is 2.35. The minimum absolute atomic E-state index is 0.201. The van der Waals surface area contributed by atoms with Crippen LogP contribution in [0.3, 0.4) is 0 Å². The van der Waals surface area contributed by atoms with Crippen LogP contribution in [-0.4, -0.2) is 29.4 Å². The molecule has 19 heavy (non-hydrogen) atoms. The van der Waals surface area contributed by atoms with Gasteiger partial charge in [-0.05, 0) is 50.3 Å². The SMILES string of the molecule is C[C@@H](O)c1ccc(N(CCCO)C2CCC2)c(Cl)c1. The van der Waals surface area contributed by atoms with E-state index >= 15 is 0 Å². The molecule has 0 unspecified atom stereocenters. The lowest BCUT2D eigenvalue weighted by atomic mass is 9.90. The number of nitrogens with zero attached hydrogens (tertiary/aromatic N) is 1. The van der Waals surface area contributed by atoms with Crippen LogP contribution in [0.15, 0.2) is 18.2 Å². The fraction of sp³-hybridized carbons (Fsp3) is 0.600. The maximum absolute atomic E-state index is 9.58. The summed E-state index contributed by atoms with van der Waals surface area (Å²) in [5.41, 5.74) is 1.86. The molecule has 0 saturated heterocycles. The molecule has 0 aliphatic heterocycles. The summed E-state index contributed by atoms with van der Waals surface area (Å²) in [6, 6.07) is 6.30. The third-order valence-corrected chi connectivity index (χ3v) is 4.14. The Morgan fingerprint density at radius 2 is 2.16 bits per heavy atom. The molecule has 0 heterocycles. The Hall–Kier alpha value is -0.770. The van der Waals surface area contributed by atoms with Gasteiger partial charge in [-0.25, -0.2) is 0 Å². The minimum Gasteiger partial charge on any atom is -0.396 e. The predicted octanol–water partition coefficient (Wildman–Crippen LogP) is 3.13. The van der Waals surface area contributed by atoms with E-state index < -0.39 is 6.10 Å². The van der Waals surface area contributed by atoms with Crippen LogP contribution in [0.5, 0.6) is 0 Å². The van der Waals surface area contributed by atoms with Crippen LogP contribution in [-0.2, 0) is 0 Å². The molecule has 0 amide bonds. The lowest BCUT2D eigenvalue weighted by Crippen LogP contribution is -2.41. The monoisotopic (exact) mass is 283 g/mol. The van der Waals surface area contributed by atoms with Gasteiger partial charge < -0.3 is 15.1 Å². The first-order valence-corrected chi connectivity index (χ1v) is 7.36. The van der Waals surface area contributed by atoms with Gasteiger partial charge in [0.15, 0.2) is 0 Å². The lowest BCUT2D eigenvalue weighted by molar-refractivity contribution is 0.199. The van der Waals surface area contributed by atoms with Crippen molar-refractivity contribution < 1.29 is 10.2 Å². The van der Waals surface area contributed by atoms with Crippen molar-refractivity contribution in [2.45, 2.75) is 44.8 Å². The fourth-order valence-electron chi connectivity index (χ4n) is 2.46. The van der Waals surface area contributed by atoms with E-state index in [9.17, 15) is 5.11 Å². The molecule has 0 aromatic heterocycles. The summed E-state index contributed by atoms with van der Waals surface area (Å²) in [5.74, 6) is 0. The van der Waals surface area contributed by atoms with E-state index in [-0.39, 0.29) is 6.61 Å². The molecular formula is C15H22ClNO2. The van der Waals surface area contributed by atoms with Gasteiger partial charge in [-0.1, -0.05) is 17.7 Å². The Labute approximate surface area is 119 Å². The lowest BCUT2D eigenvalue weighted by Gasteiger charge is -2.39. The topological polar surface area (TPSA) is 43.7 Å². The zero-order chi connectivity index (χ0) is 13.8. The van der Waals surface area contributed by atoms with Gasteiger partial charge in [0.05, 0.1) is 16.8 Å². The second-order valence-corrected chi connectivity index (χ2v) is 5.65. The Kier molecular flexibility index (Phi) is 5.08. The van der Waals surface area contributed by atoms with Gasteiger partial charge in [0.25, 0.3) is 0 Å². The number of aliphatic hydroxyl groups excluding tert-OH is 2. The molecule has 1 saturated carbocycles. The van der Waals surface area contributed by atoms with Gasteiger partial charge in [-0.2, -0.15) is 0 Å². The number of anilines is 1. The summed E-state index contributed by atoms with van der Waals surface area (Å²) in [6.45, 7) is 2.77. The number of aliphatic hydroxyl groups is 2. The number of halogens is 1. The van der Waals surface area contributed by atoms with Gasteiger partial charge in [0.1, 0.15) is 0 Å². The molecule has 106 valence electrons. The van der Waals surface area contributed by atoms with Crippen molar-refractivity contribution in [2.24, 2.45) is 0 Å². The van der Waals surface area contributed by atoms with Gasteiger partial charge in [0, 0.05) is 19.2 Å². The normalized spacial score (nSPS) is 17.1. The summed E-state index contributed by atoms with van der Waals surface area (Å²) in [4.78, 5) is 2.30. The van der Waals surface area contributed by atoms with Crippen LogP contribution >= 0.6 is 11.6 Å². The Balaban J connectivity index is 2.20. The molecule has 1 aliphatic rings. The third-order valence-electron chi connectivity index (χ3n) is 3.84. The molecule has 0 spiro atoms. The molecule has 1 fully saturated rings. The van der Waals surface area contributed by atoms with E-state index in [0.29, 0.717) is 11.1 Å². The summed E-state index contributed by atoms with van der Waals surface area (Å²) in [7, 11) is 0. The molecule has 4 heteroatoms. The molecule has 3 nitrogen and oxygen atoms in total. The first kappa shape index (κ1) is 14.6. The highest BCUT2D eigenvalue weighted by atomic mass is 35.5. The molecule has 1 aliphatic carbocycles. The van der Waals surface area contributed by atoms with E-state index in [4.69, 9.17) is 16.7 Å². The van der Waals surface area contributed by atoms with Crippen LogP contribution < -0.4 is 4.90 Å². The Bertz CT molecular complexity index is 419. The van der Waals surface area contributed by atoms with Gasteiger partial charge in [0.2, 0.25) is 0 Å². The summed E-state index contributed by atoms with van der Waals surface area (Å²) >= 11 is 6.36. The quantitative estimate of drug-likeness (QED) is 0.843.